The van der Waals surface area contributed by atoms with E-state index in [1.165, 1.54) is 12.8 Å². The maximum absolute atomic E-state index is 5.20. The molecule has 0 saturated carbocycles. The first-order chi connectivity index (χ1) is 8.92. The van der Waals surface area contributed by atoms with E-state index in [4.69, 9.17) is 8.94 Å². The average Bonchev–Trinajstić information content (AvgIpc) is 3.08. The molecule has 2 aromatic heterocycles. The molecule has 0 unspecified atom stereocenters. The molecule has 3 rings (SSSR count). The maximum Gasteiger partial charge on any atom is 0.293 e. The molecule has 0 bridgehead atoms. The van der Waals surface area contributed by atoms with Crippen molar-refractivity contribution in [2.24, 2.45) is 0 Å². The smallest absolute Gasteiger partial charge is 0.293 e. The molecule has 6 nitrogen and oxygen atoms in total. The van der Waals surface area contributed by atoms with E-state index in [0.717, 1.165) is 13.1 Å². The molecule has 2 N–H and O–H groups in total. The molecule has 6 heteroatoms. The molecule has 3 heterocycles. The van der Waals surface area contributed by atoms with Gasteiger partial charge in [0.1, 0.15) is 0 Å². The summed E-state index contributed by atoms with van der Waals surface area (Å²) in [5.74, 6) is 1.69. The largest absolute Gasteiger partial charge is 0.459 e. The summed E-state index contributed by atoms with van der Waals surface area (Å²) in [4.78, 5) is 4.28. The molecule has 2 aromatic rings. The summed E-state index contributed by atoms with van der Waals surface area (Å²) in [6.45, 7) is 2.74. The lowest BCUT2D eigenvalue weighted by molar-refractivity contribution is 0.374. The van der Waals surface area contributed by atoms with Crippen LogP contribution in [0, 0.1) is 0 Å². The van der Waals surface area contributed by atoms with Gasteiger partial charge in [0.25, 0.3) is 5.89 Å². The Hall–Kier alpha value is -1.66. The van der Waals surface area contributed by atoms with Crippen LogP contribution >= 0.6 is 0 Å². The summed E-state index contributed by atoms with van der Waals surface area (Å²) < 4.78 is 10.3. The second-order valence-corrected chi connectivity index (χ2v) is 4.42. The third-order valence-electron chi connectivity index (χ3n) is 3.05. The van der Waals surface area contributed by atoms with Crippen molar-refractivity contribution in [3.05, 3.63) is 24.2 Å². The van der Waals surface area contributed by atoms with Gasteiger partial charge in [0, 0.05) is 12.6 Å². The Morgan fingerprint density at radius 2 is 2.50 bits per heavy atom. The molecule has 1 fully saturated rings. The second kappa shape index (κ2) is 5.32. The van der Waals surface area contributed by atoms with Gasteiger partial charge in [0.05, 0.1) is 12.8 Å². The zero-order valence-corrected chi connectivity index (χ0v) is 10.1. The number of rotatable bonds is 4. The van der Waals surface area contributed by atoms with Gasteiger partial charge >= 0.3 is 0 Å². The maximum atomic E-state index is 5.20. The zero-order valence-electron chi connectivity index (χ0n) is 10.1. The van der Waals surface area contributed by atoms with E-state index in [9.17, 15) is 0 Å². The lowest BCUT2D eigenvalue weighted by atomic mass is 10.1. The first-order valence-corrected chi connectivity index (χ1v) is 6.22. The average molecular weight is 248 g/mol. The molecular weight excluding hydrogens is 232 g/mol. The molecule has 0 aliphatic carbocycles. The monoisotopic (exact) mass is 248 g/mol. The van der Waals surface area contributed by atoms with Crippen molar-refractivity contribution in [2.75, 3.05) is 13.1 Å². The second-order valence-electron chi connectivity index (χ2n) is 4.42. The minimum absolute atomic E-state index is 0.429. The number of hydrogen-bond acceptors (Lipinski definition) is 6. The summed E-state index contributed by atoms with van der Waals surface area (Å²) in [5.41, 5.74) is 0. The molecule has 1 saturated heterocycles. The molecule has 0 spiro atoms. The number of hydrogen-bond donors (Lipinski definition) is 2. The fraction of sp³-hybridized carbons (Fsp3) is 0.500. The Kier molecular flexibility index (Phi) is 3.38. The Morgan fingerprint density at radius 3 is 3.28 bits per heavy atom. The van der Waals surface area contributed by atoms with Crippen molar-refractivity contribution in [1.29, 1.82) is 0 Å². The third-order valence-corrected chi connectivity index (χ3v) is 3.05. The minimum Gasteiger partial charge on any atom is -0.459 e. The van der Waals surface area contributed by atoms with Gasteiger partial charge in [-0.3, -0.25) is 0 Å². The highest BCUT2D eigenvalue weighted by atomic mass is 16.5. The van der Waals surface area contributed by atoms with Crippen molar-refractivity contribution >= 4 is 0 Å². The summed E-state index contributed by atoms with van der Waals surface area (Å²) in [6, 6.07) is 4.09. The van der Waals surface area contributed by atoms with E-state index in [-0.39, 0.29) is 0 Å². The number of nitrogens with one attached hydrogen (secondary N) is 2. The number of piperidine rings is 1. The van der Waals surface area contributed by atoms with E-state index in [2.05, 4.69) is 20.8 Å². The van der Waals surface area contributed by atoms with Gasteiger partial charge < -0.3 is 19.6 Å². The molecule has 1 atom stereocenters. The van der Waals surface area contributed by atoms with Crippen LogP contribution in [-0.2, 0) is 6.54 Å². The van der Waals surface area contributed by atoms with Crippen LogP contribution in [0.25, 0.3) is 11.7 Å². The number of furan rings is 1. The lowest BCUT2D eigenvalue weighted by Gasteiger charge is -2.23. The lowest BCUT2D eigenvalue weighted by Crippen LogP contribution is -2.42. The van der Waals surface area contributed by atoms with E-state index in [1.54, 1.807) is 18.4 Å². The van der Waals surface area contributed by atoms with Gasteiger partial charge in [-0.25, -0.2) is 0 Å². The van der Waals surface area contributed by atoms with Crippen LogP contribution in [-0.4, -0.2) is 29.3 Å². The van der Waals surface area contributed by atoms with E-state index >= 15 is 0 Å². The Balaban J connectivity index is 1.57. The van der Waals surface area contributed by atoms with E-state index in [0.29, 0.717) is 30.1 Å². The molecule has 1 aliphatic rings. The van der Waals surface area contributed by atoms with Crippen LogP contribution in [0.3, 0.4) is 0 Å². The fourth-order valence-electron chi connectivity index (χ4n) is 2.09. The number of aromatic nitrogens is 2. The predicted molar refractivity (Wildman–Crippen MR) is 64.7 cm³/mol. The Morgan fingerprint density at radius 1 is 1.50 bits per heavy atom. The highest BCUT2D eigenvalue weighted by Gasteiger charge is 2.15. The van der Waals surface area contributed by atoms with Gasteiger partial charge in [-0.15, -0.1) is 0 Å². The quantitative estimate of drug-likeness (QED) is 0.846. The van der Waals surface area contributed by atoms with Crippen molar-refractivity contribution in [3.8, 4) is 11.7 Å². The first kappa shape index (κ1) is 11.4. The van der Waals surface area contributed by atoms with Gasteiger partial charge in [-0.2, -0.15) is 4.98 Å². The summed E-state index contributed by atoms with van der Waals surface area (Å²) in [7, 11) is 0. The van der Waals surface area contributed by atoms with Gasteiger partial charge in [0.2, 0.25) is 0 Å². The van der Waals surface area contributed by atoms with Crippen LogP contribution in [0.4, 0.5) is 0 Å². The molecule has 0 amide bonds. The fourth-order valence-corrected chi connectivity index (χ4v) is 2.09. The van der Waals surface area contributed by atoms with E-state index in [1.807, 2.05) is 0 Å². The molecule has 18 heavy (non-hydrogen) atoms. The van der Waals surface area contributed by atoms with Crippen LogP contribution < -0.4 is 10.6 Å². The Labute approximate surface area is 105 Å². The van der Waals surface area contributed by atoms with Gasteiger partial charge in [0.15, 0.2) is 11.6 Å². The standard InChI is InChI=1S/C12H16N4O2/c1-3-9(7-13-5-1)14-8-11-15-12(18-16-11)10-4-2-6-17-10/h2,4,6,9,13-14H,1,3,5,7-8H2/t9-/m0/s1. The highest BCUT2D eigenvalue weighted by molar-refractivity contribution is 5.42. The highest BCUT2D eigenvalue weighted by Crippen LogP contribution is 2.16. The third kappa shape index (κ3) is 2.60. The minimum atomic E-state index is 0.429. The van der Waals surface area contributed by atoms with Gasteiger partial charge in [-0.05, 0) is 31.5 Å². The van der Waals surface area contributed by atoms with Crippen LogP contribution in [0.1, 0.15) is 18.7 Å². The van der Waals surface area contributed by atoms with Crippen LogP contribution in [0.2, 0.25) is 0 Å². The van der Waals surface area contributed by atoms with E-state index < -0.39 is 0 Å². The SMILES string of the molecule is c1coc(-c2nc(CN[C@H]3CCCNC3)no2)c1. The molecule has 1 aliphatic heterocycles. The Bertz CT molecular complexity index is 474. The first-order valence-electron chi connectivity index (χ1n) is 6.22. The van der Waals surface area contributed by atoms with Crippen molar-refractivity contribution in [3.63, 3.8) is 0 Å². The van der Waals surface area contributed by atoms with Crippen LogP contribution in [0.15, 0.2) is 27.3 Å². The van der Waals surface area contributed by atoms with Crippen molar-refractivity contribution in [1.82, 2.24) is 20.8 Å². The van der Waals surface area contributed by atoms with Crippen LogP contribution in [0.5, 0.6) is 0 Å². The molecule has 96 valence electrons. The predicted octanol–water partition coefficient (Wildman–Crippen LogP) is 1.17. The number of nitrogens with zero attached hydrogens (tertiary/aromatic N) is 2. The summed E-state index contributed by atoms with van der Waals surface area (Å²) >= 11 is 0. The van der Waals surface area contributed by atoms with Crippen molar-refractivity contribution < 1.29 is 8.94 Å². The topological polar surface area (TPSA) is 76.1 Å². The normalized spacial score (nSPS) is 20.1. The zero-order chi connectivity index (χ0) is 12.2. The molecule has 0 aromatic carbocycles. The van der Waals surface area contributed by atoms with Crippen molar-refractivity contribution in [2.45, 2.75) is 25.4 Å². The molecular formula is C12H16N4O2. The molecule has 0 radical (unpaired) electrons. The van der Waals surface area contributed by atoms with Gasteiger partial charge in [-0.1, -0.05) is 5.16 Å². The summed E-state index contributed by atoms with van der Waals surface area (Å²) in [5, 5.41) is 10.7. The summed E-state index contributed by atoms with van der Waals surface area (Å²) in [6.07, 6.45) is 3.99.